The normalized spacial score (nSPS) is 15.0. The molecule has 1 aromatic carbocycles. The Morgan fingerprint density at radius 3 is 2.67 bits per heavy atom. The quantitative estimate of drug-likeness (QED) is 0.835. The summed E-state index contributed by atoms with van der Waals surface area (Å²) in [6, 6.07) is 4.66. The molecule has 0 aliphatic carbocycles. The molecule has 0 saturated carbocycles. The van der Waals surface area contributed by atoms with Gasteiger partial charge >= 0.3 is 0 Å². The molecule has 0 amide bonds. The number of benzene rings is 1. The lowest BCUT2D eigenvalue weighted by molar-refractivity contribution is 0.187. The molecule has 2 N–H and O–H groups in total. The molecule has 0 heterocycles. The van der Waals surface area contributed by atoms with E-state index in [0.29, 0.717) is 6.54 Å². The number of halogens is 2. The van der Waals surface area contributed by atoms with Crippen LogP contribution >= 0.6 is 11.6 Å². The highest BCUT2D eigenvalue weighted by Gasteiger charge is 2.08. The van der Waals surface area contributed by atoms with Crippen LogP contribution in [0, 0.1) is 5.82 Å². The second kappa shape index (κ2) is 5.45. The summed E-state index contributed by atoms with van der Waals surface area (Å²) in [6.07, 6.45) is -0.400. The van der Waals surface area contributed by atoms with E-state index in [1.54, 1.807) is 19.1 Å². The number of aliphatic hydroxyl groups excluding tert-OH is 1. The fourth-order valence-electron chi connectivity index (χ4n) is 1.25. The molecule has 0 aliphatic rings. The summed E-state index contributed by atoms with van der Waals surface area (Å²) in [6.45, 7) is 4.14. The van der Waals surface area contributed by atoms with E-state index in [2.05, 4.69) is 5.32 Å². The zero-order valence-corrected chi connectivity index (χ0v) is 9.55. The molecule has 15 heavy (non-hydrogen) atoms. The molecule has 0 bridgehead atoms. The lowest BCUT2D eigenvalue weighted by Gasteiger charge is -2.15. The highest BCUT2D eigenvalue weighted by Crippen LogP contribution is 2.20. The van der Waals surface area contributed by atoms with Crippen LogP contribution in [0.4, 0.5) is 4.39 Å². The van der Waals surface area contributed by atoms with Crippen molar-refractivity contribution in [2.24, 2.45) is 0 Å². The van der Waals surface area contributed by atoms with E-state index in [0.717, 1.165) is 5.56 Å². The van der Waals surface area contributed by atoms with Crippen LogP contribution < -0.4 is 5.32 Å². The molecule has 2 atom stereocenters. The monoisotopic (exact) mass is 231 g/mol. The molecule has 2 nitrogen and oxygen atoms in total. The highest BCUT2D eigenvalue weighted by atomic mass is 35.5. The topological polar surface area (TPSA) is 32.3 Å². The predicted molar refractivity (Wildman–Crippen MR) is 59.5 cm³/mol. The van der Waals surface area contributed by atoms with Crippen LogP contribution in [0.2, 0.25) is 5.02 Å². The maximum absolute atomic E-state index is 12.9. The van der Waals surface area contributed by atoms with Gasteiger partial charge in [0.1, 0.15) is 5.82 Å². The molecular weight excluding hydrogens is 217 g/mol. The number of hydrogen-bond acceptors (Lipinski definition) is 2. The zero-order chi connectivity index (χ0) is 11.4. The Bertz CT molecular complexity index is 330. The van der Waals surface area contributed by atoms with Crippen LogP contribution in [0.25, 0.3) is 0 Å². The Balaban J connectivity index is 2.65. The number of nitrogens with one attached hydrogen (secondary N) is 1. The summed E-state index contributed by atoms with van der Waals surface area (Å²) in [5, 5.41) is 12.3. The Morgan fingerprint density at radius 2 is 2.13 bits per heavy atom. The third kappa shape index (κ3) is 3.78. The number of hydrogen-bond donors (Lipinski definition) is 2. The molecule has 0 radical (unpaired) electrons. The van der Waals surface area contributed by atoms with Gasteiger partial charge in [0, 0.05) is 12.6 Å². The second-order valence-electron chi connectivity index (χ2n) is 3.65. The van der Waals surface area contributed by atoms with Crippen molar-refractivity contribution in [3.8, 4) is 0 Å². The van der Waals surface area contributed by atoms with Crippen molar-refractivity contribution in [1.29, 1.82) is 0 Å². The van der Waals surface area contributed by atoms with Gasteiger partial charge in [-0.25, -0.2) is 4.39 Å². The van der Waals surface area contributed by atoms with Gasteiger partial charge in [0.05, 0.1) is 11.1 Å². The van der Waals surface area contributed by atoms with Crippen molar-refractivity contribution in [2.45, 2.75) is 26.0 Å². The van der Waals surface area contributed by atoms with Crippen LogP contribution in [0.15, 0.2) is 18.2 Å². The van der Waals surface area contributed by atoms with Crippen LogP contribution in [-0.4, -0.2) is 17.8 Å². The summed E-state index contributed by atoms with van der Waals surface area (Å²) in [5.41, 5.74) is 0.905. The molecule has 2 unspecified atom stereocenters. The summed E-state index contributed by atoms with van der Waals surface area (Å²) in [7, 11) is 0. The first kappa shape index (κ1) is 12.4. The van der Waals surface area contributed by atoms with Gasteiger partial charge in [-0.05, 0) is 31.5 Å². The molecule has 0 fully saturated rings. The summed E-state index contributed by atoms with van der Waals surface area (Å²) in [5.74, 6) is -0.414. The number of aliphatic hydroxyl groups is 1. The van der Waals surface area contributed by atoms with Crippen molar-refractivity contribution in [3.05, 3.63) is 34.6 Å². The van der Waals surface area contributed by atoms with Gasteiger partial charge in [0.15, 0.2) is 0 Å². The Labute approximate surface area is 94.1 Å². The minimum atomic E-state index is -0.414. The molecule has 84 valence electrons. The lowest BCUT2D eigenvalue weighted by Crippen LogP contribution is -2.27. The van der Waals surface area contributed by atoms with Gasteiger partial charge in [-0.3, -0.25) is 0 Å². The molecule has 1 rings (SSSR count). The predicted octanol–water partition coefficient (Wildman–Crippen LogP) is 2.51. The van der Waals surface area contributed by atoms with Crippen molar-refractivity contribution < 1.29 is 9.50 Å². The molecule has 0 aliphatic heterocycles. The largest absolute Gasteiger partial charge is 0.392 e. The minimum Gasteiger partial charge on any atom is -0.392 e. The fraction of sp³-hybridized carbons (Fsp3) is 0.455. The second-order valence-corrected chi connectivity index (χ2v) is 4.06. The van der Waals surface area contributed by atoms with Gasteiger partial charge in [-0.15, -0.1) is 0 Å². The van der Waals surface area contributed by atoms with E-state index >= 15 is 0 Å². The molecule has 0 aromatic heterocycles. The Morgan fingerprint density at radius 1 is 1.47 bits per heavy atom. The van der Waals surface area contributed by atoms with Crippen LogP contribution in [0.1, 0.15) is 25.5 Å². The van der Waals surface area contributed by atoms with E-state index in [1.165, 1.54) is 6.07 Å². The van der Waals surface area contributed by atoms with Gasteiger partial charge in [-0.1, -0.05) is 17.7 Å². The van der Waals surface area contributed by atoms with E-state index in [1.807, 2.05) is 6.92 Å². The highest BCUT2D eigenvalue weighted by molar-refractivity contribution is 6.30. The van der Waals surface area contributed by atoms with Gasteiger partial charge in [0.25, 0.3) is 0 Å². The standard InChI is InChI=1S/C11H15ClFNO/c1-7(15)6-14-8(2)9-3-4-11(13)10(12)5-9/h3-5,7-8,14-15H,6H2,1-2H3. The Hall–Kier alpha value is -0.640. The van der Waals surface area contributed by atoms with Crippen molar-refractivity contribution >= 4 is 11.6 Å². The SMILES string of the molecule is CC(O)CNC(C)c1ccc(F)c(Cl)c1. The smallest absolute Gasteiger partial charge is 0.141 e. The fourth-order valence-corrected chi connectivity index (χ4v) is 1.44. The molecular formula is C11H15ClFNO. The first-order chi connectivity index (χ1) is 7.00. The van der Waals surface area contributed by atoms with E-state index in [9.17, 15) is 4.39 Å². The van der Waals surface area contributed by atoms with Crippen molar-refractivity contribution in [2.75, 3.05) is 6.54 Å². The first-order valence-corrected chi connectivity index (χ1v) is 5.25. The average Bonchev–Trinajstić information content (AvgIpc) is 2.18. The lowest BCUT2D eigenvalue weighted by atomic mass is 10.1. The molecule has 4 heteroatoms. The molecule has 0 saturated heterocycles. The average molecular weight is 232 g/mol. The minimum absolute atomic E-state index is 0.0395. The van der Waals surface area contributed by atoms with Gasteiger partial charge < -0.3 is 10.4 Å². The van der Waals surface area contributed by atoms with E-state index in [4.69, 9.17) is 16.7 Å². The van der Waals surface area contributed by atoms with Gasteiger partial charge in [0.2, 0.25) is 0 Å². The summed E-state index contributed by atoms with van der Waals surface area (Å²) in [4.78, 5) is 0. The van der Waals surface area contributed by atoms with Crippen LogP contribution in [0.3, 0.4) is 0 Å². The molecule has 0 spiro atoms. The van der Waals surface area contributed by atoms with Crippen LogP contribution in [-0.2, 0) is 0 Å². The van der Waals surface area contributed by atoms with E-state index in [-0.39, 0.29) is 11.1 Å². The number of rotatable bonds is 4. The van der Waals surface area contributed by atoms with E-state index < -0.39 is 11.9 Å². The molecule has 1 aromatic rings. The van der Waals surface area contributed by atoms with Crippen molar-refractivity contribution in [3.63, 3.8) is 0 Å². The third-order valence-corrected chi connectivity index (χ3v) is 2.45. The van der Waals surface area contributed by atoms with Crippen LogP contribution in [0.5, 0.6) is 0 Å². The maximum atomic E-state index is 12.9. The first-order valence-electron chi connectivity index (χ1n) is 4.87. The summed E-state index contributed by atoms with van der Waals surface area (Å²) >= 11 is 5.67. The summed E-state index contributed by atoms with van der Waals surface area (Å²) < 4.78 is 12.9. The third-order valence-electron chi connectivity index (χ3n) is 2.16. The zero-order valence-electron chi connectivity index (χ0n) is 8.80. The Kier molecular flexibility index (Phi) is 4.51. The van der Waals surface area contributed by atoms with Gasteiger partial charge in [-0.2, -0.15) is 0 Å². The maximum Gasteiger partial charge on any atom is 0.141 e. The van der Waals surface area contributed by atoms with Crippen molar-refractivity contribution in [1.82, 2.24) is 5.32 Å².